The first-order valence-corrected chi connectivity index (χ1v) is 7.73. The van der Waals surface area contributed by atoms with Gasteiger partial charge in [0.05, 0.1) is 6.61 Å². The molecule has 0 aliphatic rings. The van der Waals surface area contributed by atoms with Crippen LogP contribution in [-0.4, -0.2) is 37.5 Å². The minimum Gasteiger partial charge on any atom is -0.395 e. The Morgan fingerprint density at radius 2 is 2.06 bits per heavy atom. The average Bonchev–Trinajstić information content (AvgIpc) is 2.28. The second-order valence-corrected chi connectivity index (χ2v) is 6.41. The lowest BCUT2D eigenvalue weighted by Crippen LogP contribution is -2.35. The smallest absolute Gasteiger partial charge is 0.247 e. The number of rotatable bonds is 6. The van der Waals surface area contributed by atoms with Crippen LogP contribution in [0, 0.1) is 5.82 Å². The number of halogens is 2. The monoisotopic (exact) mass is 339 g/mol. The van der Waals surface area contributed by atoms with Crippen LogP contribution in [0.1, 0.15) is 13.3 Å². The van der Waals surface area contributed by atoms with Crippen LogP contribution in [0.2, 0.25) is 0 Å². The first-order valence-electron chi connectivity index (χ1n) is 5.50. The van der Waals surface area contributed by atoms with E-state index in [-0.39, 0.29) is 29.1 Å². The molecular formula is C11H15BrFNO3S. The molecule has 0 spiro atoms. The molecule has 4 nitrogen and oxygen atoms in total. The number of hydrogen-bond donors (Lipinski definition) is 1. The summed E-state index contributed by atoms with van der Waals surface area (Å²) in [5.41, 5.74) is 0. The van der Waals surface area contributed by atoms with Crippen LogP contribution in [0.4, 0.5) is 4.39 Å². The maximum Gasteiger partial charge on any atom is 0.247 e. The second-order valence-electron chi connectivity index (χ2n) is 3.68. The average molecular weight is 340 g/mol. The molecule has 0 unspecified atom stereocenters. The van der Waals surface area contributed by atoms with Crippen LogP contribution in [0.25, 0.3) is 0 Å². The minimum absolute atomic E-state index is 0.0447. The quantitative estimate of drug-likeness (QED) is 0.862. The molecule has 0 amide bonds. The van der Waals surface area contributed by atoms with E-state index in [0.29, 0.717) is 6.42 Å². The fraction of sp³-hybridized carbons (Fsp3) is 0.455. The third kappa shape index (κ3) is 3.28. The molecule has 0 bridgehead atoms. The first-order chi connectivity index (χ1) is 8.45. The van der Waals surface area contributed by atoms with E-state index < -0.39 is 15.8 Å². The molecule has 0 saturated carbocycles. The van der Waals surface area contributed by atoms with E-state index in [9.17, 15) is 12.8 Å². The van der Waals surface area contributed by atoms with E-state index in [4.69, 9.17) is 5.11 Å². The Bertz CT molecular complexity index is 481. The Hall–Kier alpha value is -0.500. The highest BCUT2D eigenvalue weighted by molar-refractivity contribution is 9.10. The van der Waals surface area contributed by atoms with Crippen molar-refractivity contribution in [1.82, 2.24) is 4.31 Å². The van der Waals surface area contributed by atoms with Gasteiger partial charge in [-0.3, -0.25) is 0 Å². The molecule has 1 aromatic rings. The summed E-state index contributed by atoms with van der Waals surface area (Å²) in [6.45, 7) is 1.71. The summed E-state index contributed by atoms with van der Waals surface area (Å²) in [5, 5.41) is 8.90. The Labute approximate surface area is 115 Å². The Morgan fingerprint density at radius 3 is 2.56 bits per heavy atom. The van der Waals surface area contributed by atoms with Gasteiger partial charge in [0, 0.05) is 17.6 Å². The van der Waals surface area contributed by atoms with Crippen LogP contribution >= 0.6 is 15.9 Å². The molecule has 0 aromatic heterocycles. The molecular weight excluding hydrogens is 325 g/mol. The molecule has 7 heteroatoms. The van der Waals surface area contributed by atoms with Gasteiger partial charge in [-0.25, -0.2) is 12.8 Å². The van der Waals surface area contributed by atoms with E-state index >= 15 is 0 Å². The van der Waals surface area contributed by atoms with E-state index in [1.54, 1.807) is 0 Å². The predicted molar refractivity (Wildman–Crippen MR) is 70.2 cm³/mol. The van der Waals surface area contributed by atoms with Gasteiger partial charge in [-0.2, -0.15) is 4.31 Å². The molecule has 1 rings (SSSR count). The van der Waals surface area contributed by atoms with Crippen molar-refractivity contribution < 1.29 is 17.9 Å². The summed E-state index contributed by atoms with van der Waals surface area (Å²) in [6.07, 6.45) is 0.589. The number of aliphatic hydroxyl groups excluding tert-OH is 1. The van der Waals surface area contributed by atoms with Crippen LogP contribution in [0.5, 0.6) is 0 Å². The largest absolute Gasteiger partial charge is 0.395 e. The summed E-state index contributed by atoms with van der Waals surface area (Å²) in [4.78, 5) is -0.382. The van der Waals surface area contributed by atoms with Crippen LogP contribution in [-0.2, 0) is 10.0 Å². The van der Waals surface area contributed by atoms with Crippen LogP contribution < -0.4 is 0 Å². The van der Waals surface area contributed by atoms with Crippen molar-refractivity contribution in [2.75, 3.05) is 19.7 Å². The Kier molecular flexibility index (Phi) is 5.71. The van der Waals surface area contributed by atoms with E-state index in [1.165, 1.54) is 12.1 Å². The van der Waals surface area contributed by atoms with Crippen molar-refractivity contribution >= 4 is 26.0 Å². The zero-order chi connectivity index (χ0) is 13.8. The molecule has 18 heavy (non-hydrogen) atoms. The molecule has 0 heterocycles. The molecule has 0 saturated heterocycles. The molecule has 0 aliphatic carbocycles. The number of nitrogens with zero attached hydrogens (tertiary/aromatic N) is 1. The standard InChI is InChI=1S/C11H15BrFNO3S/c1-2-6-14(7-8-15)18(16,17)11-9(12)4-3-5-10(11)13/h3-5,15H,2,6-8H2,1H3. The molecule has 0 atom stereocenters. The summed E-state index contributed by atoms with van der Waals surface area (Å²) in [7, 11) is -3.94. The van der Waals surface area contributed by atoms with Gasteiger partial charge in [0.25, 0.3) is 0 Å². The van der Waals surface area contributed by atoms with Gasteiger partial charge in [0.15, 0.2) is 0 Å². The van der Waals surface area contributed by atoms with Crippen molar-refractivity contribution in [2.45, 2.75) is 18.2 Å². The first kappa shape index (κ1) is 15.6. The number of sulfonamides is 1. The highest BCUT2D eigenvalue weighted by Crippen LogP contribution is 2.27. The van der Waals surface area contributed by atoms with Gasteiger partial charge < -0.3 is 5.11 Å². The third-order valence-electron chi connectivity index (χ3n) is 2.34. The molecule has 0 fully saturated rings. The van der Waals surface area contributed by atoms with Crippen molar-refractivity contribution in [3.63, 3.8) is 0 Å². The molecule has 0 radical (unpaired) electrons. The van der Waals surface area contributed by atoms with Crippen LogP contribution in [0.3, 0.4) is 0 Å². The highest BCUT2D eigenvalue weighted by atomic mass is 79.9. The van der Waals surface area contributed by atoms with Gasteiger partial charge in [-0.1, -0.05) is 13.0 Å². The highest BCUT2D eigenvalue weighted by Gasteiger charge is 2.28. The molecule has 1 N–H and O–H groups in total. The fourth-order valence-electron chi connectivity index (χ4n) is 1.57. The second kappa shape index (κ2) is 6.60. The summed E-state index contributed by atoms with van der Waals surface area (Å²) >= 11 is 3.05. The van der Waals surface area contributed by atoms with Crippen molar-refractivity contribution in [3.05, 3.63) is 28.5 Å². The lowest BCUT2D eigenvalue weighted by atomic mass is 10.3. The Morgan fingerprint density at radius 1 is 1.39 bits per heavy atom. The zero-order valence-electron chi connectivity index (χ0n) is 9.94. The fourth-order valence-corrected chi connectivity index (χ4v) is 4.16. The Balaban J connectivity index is 3.26. The maximum absolute atomic E-state index is 13.7. The van der Waals surface area contributed by atoms with Gasteiger partial charge in [-0.05, 0) is 34.5 Å². The third-order valence-corrected chi connectivity index (χ3v) is 5.24. The van der Waals surface area contributed by atoms with Crippen LogP contribution in [0.15, 0.2) is 27.6 Å². The van der Waals surface area contributed by atoms with Gasteiger partial charge in [-0.15, -0.1) is 0 Å². The van der Waals surface area contributed by atoms with Gasteiger partial charge in [0.2, 0.25) is 10.0 Å². The molecule has 0 aliphatic heterocycles. The van der Waals surface area contributed by atoms with Gasteiger partial charge >= 0.3 is 0 Å². The molecule has 102 valence electrons. The summed E-state index contributed by atoms with van der Waals surface area (Å²) in [6, 6.07) is 3.99. The van der Waals surface area contributed by atoms with Crippen molar-refractivity contribution in [3.8, 4) is 0 Å². The topological polar surface area (TPSA) is 57.6 Å². The molecule has 1 aromatic carbocycles. The zero-order valence-corrected chi connectivity index (χ0v) is 12.3. The minimum atomic E-state index is -3.94. The predicted octanol–water partition coefficient (Wildman–Crippen LogP) is 1.98. The van der Waals surface area contributed by atoms with Gasteiger partial charge in [0.1, 0.15) is 10.7 Å². The van der Waals surface area contributed by atoms with E-state index in [0.717, 1.165) is 10.4 Å². The number of hydrogen-bond acceptors (Lipinski definition) is 3. The summed E-state index contributed by atoms with van der Waals surface area (Å²) in [5.74, 6) is -0.802. The normalized spacial score (nSPS) is 12.1. The number of benzene rings is 1. The number of aliphatic hydroxyl groups is 1. The lowest BCUT2D eigenvalue weighted by Gasteiger charge is -2.21. The van der Waals surface area contributed by atoms with E-state index in [1.807, 2.05) is 6.92 Å². The van der Waals surface area contributed by atoms with Crippen molar-refractivity contribution in [2.24, 2.45) is 0 Å². The lowest BCUT2D eigenvalue weighted by molar-refractivity contribution is 0.253. The van der Waals surface area contributed by atoms with E-state index in [2.05, 4.69) is 15.9 Å². The van der Waals surface area contributed by atoms with Crippen molar-refractivity contribution in [1.29, 1.82) is 0 Å². The summed E-state index contributed by atoms with van der Waals surface area (Å²) < 4.78 is 39.5. The maximum atomic E-state index is 13.7. The SMILES string of the molecule is CCCN(CCO)S(=O)(=O)c1c(F)cccc1Br.